The van der Waals surface area contributed by atoms with E-state index in [0.717, 1.165) is 12.8 Å². The van der Waals surface area contributed by atoms with Crippen molar-refractivity contribution >= 4 is 11.9 Å². The molecule has 1 aliphatic heterocycles. The summed E-state index contributed by atoms with van der Waals surface area (Å²) in [5.74, 6) is -0.966. The molecule has 18 heavy (non-hydrogen) atoms. The lowest BCUT2D eigenvalue weighted by molar-refractivity contribution is -0.137. The number of aliphatic carboxylic acids is 1. The predicted molar refractivity (Wildman–Crippen MR) is 64.3 cm³/mol. The molecular weight excluding hydrogens is 234 g/mol. The molecule has 6 heteroatoms. The molecule has 1 aromatic heterocycles. The van der Waals surface area contributed by atoms with Crippen molar-refractivity contribution in [2.45, 2.75) is 32.2 Å². The van der Waals surface area contributed by atoms with E-state index in [4.69, 9.17) is 5.11 Å². The molecule has 1 saturated heterocycles. The molecule has 1 amide bonds. The van der Waals surface area contributed by atoms with Crippen LogP contribution < -0.4 is 0 Å². The molecule has 6 nitrogen and oxygen atoms in total. The van der Waals surface area contributed by atoms with Gasteiger partial charge in [0.15, 0.2) is 0 Å². The molecule has 1 atom stereocenters. The minimum Gasteiger partial charge on any atom is -0.481 e. The molecule has 1 N–H and O–H groups in total. The number of carboxylic acids is 1. The number of carboxylic acid groups (broad SMARTS) is 1. The van der Waals surface area contributed by atoms with Crippen LogP contribution in [0.2, 0.25) is 0 Å². The summed E-state index contributed by atoms with van der Waals surface area (Å²) in [4.78, 5) is 24.8. The standard InChI is InChI=1S/C12H17N3O3/c1-8-10(7-14(2)13-8)12(18)15-5-3-4-9(15)6-11(16)17/h7,9H,3-6H2,1-2H3,(H,16,17). The summed E-state index contributed by atoms with van der Waals surface area (Å²) >= 11 is 0. The Balaban J connectivity index is 2.17. The number of carbonyl (C=O) groups is 2. The SMILES string of the molecule is Cc1nn(C)cc1C(=O)N1CCCC1CC(=O)O. The summed E-state index contributed by atoms with van der Waals surface area (Å²) in [6.07, 6.45) is 3.33. The van der Waals surface area contributed by atoms with Crippen LogP contribution in [-0.4, -0.2) is 44.3 Å². The van der Waals surface area contributed by atoms with Crippen molar-refractivity contribution in [1.29, 1.82) is 0 Å². The first kappa shape index (κ1) is 12.6. The zero-order valence-electron chi connectivity index (χ0n) is 10.6. The predicted octanol–water partition coefficient (Wildman–Crippen LogP) is 0.808. The second-order valence-electron chi connectivity index (χ2n) is 4.69. The number of hydrogen-bond donors (Lipinski definition) is 1. The third-order valence-corrected chi connectivity index (χ3v) is 3.29. The molecule has 1 unspecified atom stereocenters. The van der Waals surface area contributed by atoms with E-state index in [-0.39, 0.29) is 18.4 Å². The molecule has 0 aliphatic carbocycles. The molecule has 1 aromatic rings. The first-order chi connectivity index (χ1) is 8.49. The second kappa shape index (κ2) is 4.80. The Morgan fingerprint density at radius 3 is 2.83 bits per heavy atom. The number of amides is 1. The van der Waals surface area contributed by atoms with Gasteiger partial charge in [0.25, 0.3) is 5.91 Å². The summed E-state index contributed by atoms with van der Waals surface area (Å²) in [5, 5.41) is 13.0. The highest BCUT2D eigenvalue weighted by Gasteiger charge is 2.32. The van der Waals surface area contributed by atoms with Crippen LogP contribution in [0.4, 0.5) is 0 Å². The lowest BCUT2D eigenvalue weighted by atomic mass is 10.1. The number of aromatic nitrogens is 2. The number of aryl methyl sites for hydroxylation is 2. The van der Waals surface area contributed by atoms with Crippen LogP contribution in [0.1, 0.15) is 35.3 Å². The van der Waals surface area contributed by atoms with Gasteiger partial charge in [0.2, 0.25) is 0 Å². The molecule has 98 valence electrons. The summed E-state index contributed by atoms with van der Waals surface area (Å²) in [6, 6.07) is -0.186. The van der Waals surface area contributed by atoms with Gasteiger partial charge in [-0.1, -0.05) is 0 Å². The normalized spacial score (nSPS) is 19.2. The van der Waals surface area contributed by atoms with Crippen LogP contribution in [0, 0.1) is 6.92 Å². The Morgan fingerprint density at radius 1 is 1.56 bits per heavy atom. The van der Waals surface area contributed by atoms with Crippen LogP contribution in [-0.2, 0) is 11.8 Å². The first-order valence-electron chi connectivity index (χ1n) is 6.02. The van der Waals surface area contributed by atoms with Crippen molar-refractivity contribution in [1.82, 2.24) is 14.7 Å². The first-order valence-corrected chi connectivity index (χ1v) is 6.02. The van der Waals surface area contributed by atoms with Gasteiger partial charge in [-0.25, -0.2) is 0 Å². The minimum absolute atomic E-state index is 0.0189. The third-order valence-electron chi connectivity index (χ3n) is 3.29. The largest absolute Gasteiger partial charge is 0.481 e. The van der Waals surface area contributed by atoms with E-state index >= 15 is 0 Å². The average molecular weight is 251 g/mol. The summed E-state index contributed by atoms with van der Waals surface area (Å²) in [7, 11) is 1.77. The van der Waals surface area contributed by atoms with E-state index in [1.807, 2.05) is 0 Å². The summed E-state index contributed by atoms with van der Waals surface area (Å²) < 4.78 is 1.60. The van der Waals surface area contributed by atoms with Crippen molar-refractivity contribution in [3.05, 3.63) is 17.5 Å². The number of rotatable bonds is 3. The van der Waals surface area contributed by atoms with E-state index in [1.54, 1.807) is 29.7 Å². The molecule has 0 radical (unpaired) electrons. The number of likely N-dealkylation sites (tertiary alicyclic amines) is 1. The van der Waals surface area contributed by atoms with Crippen molar-refractivity contribution in [3.8, 4) is 0 Å². The van der Waals surface area contributed by atoms with Gasteiger partial charge >= 0.3 is 5.97 Å². The fourth-order valence-electron chi connectivity index (χ4n) is 2.48. The molecule has 0 aromatic carbocycles. The van der Waals surface area contributed by atoms with E-state index in [2.05, 4.69) is 5.10 Å². The average Bonchev–Trinajstić information content (AvgIpc) is 2.83. The Hall–Kier alpha value is -1.85. The topological polar surface area (TPSA) is 75.4 Å². The van der Waals surface area contributed by atoms with Gasteiger partial charge in [-0.05, 0) is 19.8 Å². The van der Waals surface area contributed by atoms with Gasteiger partial charge in [-0.2, -0.15) is 5.10 Å². The number of carbonyl (C=O) groups excluding carboxylic acids is 1. The second-order valence-corrected chi connectivity index (χ2v) is 4.69. The zero-order chi connectivity index (χ0) is 13.3. The number of hydrogen-bond acceptors (Lipinski definition) is 3. The maximum Gasteiger partial charge on any atom is 0.305 e. The van der Waals surface area contributed by atoms with Crippen LogP contribution in [0.5, 0.6) is 0 Å². The van der Waals surface area contributed by atoms with Crippen LogP contribution in [0.3, 0.4) is 0 Å². The lowest BCUT2D eigenvalue weighted by Crippen LogP contribution is -2.37. The van der Waals surface area contributed by atoms with Crippen molar-refractivity contribution in [2.75, 3.05) is 6.54 Å². The Labute approximate surface area is 105 Å². The maximum atomic E-state index is 12.4. The highest BCUT2D eigenvalue weighted by molar-refractivity contribution is 5.95. The Morgan fingerprint density at radius 2 is 2.28 bits per heavy atom. The van der Waals surface area contributed by atoms with Gasteiger partial charge in [0.1, 0.15) is 0 Å². The van der Waals surface area contributed by atoms with Crippen LogP contribution >= 0.6 is 0 Å². The smallest absolute Gasteiger partial charge is 0.305 e. The molecule has 0 bridgehead atoms. The molecule has 2 rings (SSSR count). The van der Waals surface area contributed by atoms with Gasteiger partial charge in [-0.3, -0.25) is 14.3 Å². The highest BCUT2D eigenvalue weighted by atomic mass is 16.4. The van der Waals surface area contributed by atoms with E-state index < -0.39 is 5.97 Å². The van der Waals surface area contributed by atoms with E-state index in [1.165, 1.54) is 0 Å². The number of nitrogens with zero attached hydrogens (tertiary/aromatic N) is 3. The zero-order valence-corrected chi connectivity index (χ0v) is 10.6. The molecule has 1 fully saturated rings. The van der Waals surface area contributed by atoms with Gasteiger partial charge in [-0.15, -0.1) is 0 Å². The molecule has 1 aliphatic rings. The van der Waals surface area contributed by atoms with Crippen molar-refractivity contribution in [2.24, 2.45) is 7.05 Å². The molecular formula is C12H17N3O3. The Kier molecular flexibility index (Phi) is 3.36. The third kappa shape index (κ3) is 2.37. The van der Waals surface area contributed by atoms with Gasteiger partial charge in [0.05, 0.1) is 17.7 Å². The summed E-state index contributed by atoms with van der Waals surface area (Å²) in [5.41, 5.74) is 1.25. The minimum atomic E-state index is -0.859. The monoisotopic (exact) mass is 251 g/mol. The Bertz CT molecular complexity index is 481. The quantitative estimate of drug-likeness (QED) is 0.862. The fraction of sp³-hybridized carbons (Fsp3) is 0.583. The van der Waals surface area contributed by atoms with Gasteiger partial charge < -0.3 is 10.0 Å². The van der Waals surface area contributed by atoms with Crippen LogP contribution in [0.25, 0.3) is 0 Å². The van der Waals surface area contributed by atoms with Crippen LogP contribution in [0.15, 0.2) is 6.20 Å². The molecule has 2 heterocycles. The molecule has 0 saturated carbocycles. The molecule has 0 spiro atoms. The fourth-order valence-corrected chi connectivity index (χ4v) is 2.48. The van der Waals surface area contributed by atoms with Gasteiger partial charge in [0, 0.05) is 25.8 Å². The lowest BCUT2D eigenvalue weighted by Gasteiger charge is -2.23. The van der Waals surface area contributed by atoms with E-state index in [9.17, 15) is 9.59 Å². The van der Waals surface area contributed by atoms with Crippen molar-refractivity contribution < 1.29 is 14.7 Å². The van der Waals surface area contributed by atoms with E-state index in [0.29, 0.717) is 17.8 Å². The maximum absolute atomic E-state index is 12.4. The van der Waals surface area contributed by atoms with Crippen molar-refractivity contribution in [3.63, 3.8) is 0 Å². The summed E-state index contributed by atoms with van der Waals surface area (Å²) in [6.45, 7) is 2.42. The highest BCUT2D eigenvalue weighted by Crippen LogP contribution is 2.23.